The number of thioether (sulfide) groups is 1. The maximum absolute atomic E-state index is 12.7. The first-order valence-electron chi connectivity index (χ1n) is 9.03. The average Bonchev–Trinajstić information content (AvgIpc) is 3.09. The third-order valence-corrected chi connectivity index (χ3v) is 5.55. The van der Waals surface area contributed by atoms with Gasteiger partial charge >= 0.3 is 0 Å². The minimum absolute atomic E-state index is 0.0794. The monoisotopic (exact) mass is 383 g/mol. The van der Waals surface area contributed by atoms with Gasteiger partial charge in [0.05, 0.1) is 6.04 Å². The van der Waals surface area contributed by atoms with E-state index in [4.69, 9.17) is 4.42 Å². The summed E-state index contributed by atoms with van der Waals surface area (Å²) in [5.41, 5.74) is 3.81. The zero-order valence-corrected chi connectivity index (χ0v) is 17.3. The Kier molecular flexibility index (Phi) is 5.85. The van der Waals surface area contributed by atoms with E-state index in [-0.39, 0.29) is 11.9 Å². The highest BCUT2D eigenvalue weighted by Gasteiger charge is 2.21. The van der Waals surface area contributed by atoms with Gasteiger partial charge in [0.15, 0.2) is 5.16 Å². The van der Waals surface area contributed by atoms with Crippen molar-refractivity contribution in [2.45, 2.75) is 44.8 Å². The molecule has 2 aromatic heterocycles. The molecular formula is C21H25N3O2S. The van der Waals surface area contributed by atoms with Crippen LogP contribution in [0, 0.1) is 13.8 Å². The predicted molar refractivity (Wildman–Crippen MR) is 109 cm³/mol. The normalized spacial score (nSPS) is 12.3. The zero-order valence-electron chi connectivity index (χ0n) is 16.4. The fourth-order valence-corrected chi connectivity index (χ4v) is 3.64. The van der Waals surface area contributed by atoms with E-state index in [0.717, 1.165) is 38.8 Å². The quantitative estimate of drug-likeness (QED) is 0.455. The highest BCUT2D eigenvalue weighted by Crippen LogP contribution is 2.27. The Morgan fingerprint density at radius 2 is 1.89 bits per heavy atom. The fraction of sp³-hybridized carbons (Fsp3) is 0.381. The van der Waals surface area contributed by atoms with Crippen molar-refractivity contribution in [2.24, 2.45) is 0 Å². The molecule has 142 valence electrons. The van der Waals surface area contributed by atoms with Crippen LogP contribution in [0.2, 0.25) is 0 Å². The SMILES string of the molecule is CSc1nc(C)c(CCC(=O)N(C)C(C)c2cc3ccccc3o2)c(C)n1. The van der Waals surface area contributed by atoms with Crippen LogP contribution in [0.1, 0.15) is 42.1 Å². The van der Waals surface area contributed by atoms with E-state index >= 15 is 0 Å². The van der Waals surface area contributed by atoms with E-state index in [1.807, 2.05) is 64.4 Å². The zero-order chi connectivity index (χ0) is 19.6. The summed E-state index contributed by atoms with van der Waals surface area (Å²) in [7, 11) is 1.83. The molecule has 0 saturated heterocycles. The minimum Gasteiger partial charge on any atom is -0.459 e. The minimum atomic E-state index is -0.123. The molecule has 0 bridgehead atoms. The molecule has 1 aromatic carbocycles. The maximum atomic E-state index is 12.7. The third-order valence-electron chi connectivity index (χ3n) is 5.00. The molecule has 0 aliphatic carbocycles. The van der Waals surface area contributed by atoms with Crippen molar-refractivity contribution < 1.29 is 9.21 Å². The van der Waals surface area contributed by atoms with Crippen molar-refractivity contribution >= 4 is 28.6 Å². The second-order valence-corrected chi connectivity index (χ2v) is 7.50. The Morgan fingerprint density at radius 1 is 1.22 bits per heavy atom. The number of hydrogen-bond acceptors (Lipinski definition) is 5. The van der Waals surface area contributed by atoms with Crippen molar-refractivity contribution in [2.75, 3.05) is 13.3 Å². The molecule has 0 aliphatic rings. The van der Waals surface area contributed by atoms with Gasteiger partial charge in [0.2, 0.25) is 5.91 Å². The lowest BCUT2D eigenvalue weighted by molar-refractivity contribution is -0.132. The summed E-state index contributed by atoms with van der Waals surface area (Å²) >= 11 is 1.53. The van der Waals surface area contributed by atoms with Crippen molar-refractivity contribution in [3.05, 3.63) is 53.0 Å². The molecule has 6 heteroatoms. The number of rotatable bonds is 6. The number of furan rings is 1. The molecule has 1 atom stereocenters. The Hall–Kier alpha value is -2.34. The lowest BCUT2D eigenvalue weighted by atomic mass is 10.1. The number of hydrogen-bond donors (Lipinski definition) is 0. The Morgan fingerprint density at radius 3 is 2.52 bits per heavy atom. The summed E-state index contributed by atoms with van der Waals surface area (Å²) in [6.07, 6.45) is 3.03. The van der Waals surface area contributed by atoms with Gasteiger partial charge in [0.25, 0.3) is 0 Å². The van der Waals surface area contributed by atoms with Gasteiger partial charge in [0, 0.05) is 30.2 Å². The van der Waals surface area contributed by atoms with Gasteiger partial charge < -0.3 is 9.32 Å². The summed E-state index contributed by atoms with van der Waals surface area (Å²) in [4.78, 5) is 23.5. The van der Waals surface area contributed by atoms with Crippen molar-refractivity contribution in [1.29, 1.82) is 0 Å². The molecule has 1 amide bonds. The van der Waals surface area contributed by atoms with Crippen molar-refractivity contribution in [3.8, 4) is 0 Å². The molecule has 0 fully saturated rings. The van der Waals surface area contributed by atoms with Crippen LogP contribution in [0.4, 0.5) is 0 Å². The molecule has 5 nitrogen and oxygen atoms in total. The highest BCUT2D eigenvalue weighted by atomic mass is 32.2. The molecule has 3 aromatic rings. The first-order chi connectivity index (χ1) is 12.9. The molecule has 0 N–H and O–H groups in total. The molecule has 1 unspecified atom stereocenters. The smallest absolute Gasteiger partial charge is 0.223 e. The van der Waals surface area contributed by atoms with E-state index < -0.39 is 0 Å². The van der Waals surface area contributed by atoms with Crippen LogP contribution < -0.4 is 0 Å². The van der Waals surface area contributed by atoms with Gasteiger partial charge in [-0.05, 0) is 51.1 Å². The number of fused-ring (bicyclic) bond motifs is 1. The Balaban J connectivity index is 1.68. The summed E-state index contributed by atoms with van der Waals surface area (Å²) in [5, 5.41) is 1.83. The maximum Gasteiger partial charge on any atom is 0.223 e. The topological polar surface area (TPSA) is 59.2 Å². The number of aryl methyl sites for hydroxylation is 2. The van der Waals surface area contributed by atoms with Gasteiger partial charge in [-0.15, -0.1) is 0 Å². The van der Waals surface area contributed by atoms with Crippen molar-refractivity contribution in [1.82, 2.24) is 14.9 Å². The number of benzene rings is 1. The van der Waals surface area contributed by atoms with Crippen LogP contribution in [0.3, 0.4) is 0 Å². The molecule has 3 rings (SSSR count). The first kappa shape index (κ1) is 19.4. The number of carbonyl (C=O) groups is 1. The molecule has 2 heterocycles. The van der Waals surface area contributed by atoms with Crippen molar-refractivity contribution in [3.63, 3.8) is 0 Å². The molecule has 0 spiro atoms. The number of carbonyl (C=O) groups excluding carboxylic acids is 1. The lowest BCUT2D eigenvalue weighted by Gasteiger charge is -2.23. The predicted octanol–water partition coefficient (Wildman–Crippen LogP) is 4.71. The van der Waals surface area contributed by atoms with E-state index in [1.165, 1.54) is 11.8 Å². The lowest BCUT2D eigenvalue weighted by Crippen LogP contribution is -2.29. The summed E-state index contributed by atoms with van der Waals surface area (Å²) in [6, 6.07) is 9.77. The fourth-order valence-electron chi connectivity index (χ4n) is 3.19. The highest BCUT2D eigenvalue weighted by molar-refractivity contribution is 7.98. The Labute approximate surface area is 164 Å². The van der Waals surface area contributed by atoms with Gasteiger partial charge in [-0.2, -0.15) is 0 Å². The molecular weight excluding hydrogens is 358 g/mol. The Bertz CT molecular complexity index is 911. The standard InChI is InChI=1S/C21H25N3O2S/c1-13-17(14(2)23-21(22-13)27-5)10-11-20(25)24(4)15(3)19-12-16-8-6-7-9-18(16)26-19/h6-9,12,15H,10-11H2,1-5H3. The second-order valence-electron chi connectivity index (χ2n) is 6.73. The van der Waals surface area contributed by atoms with Gasteiger partial charge in [-0.1, -0.05) is 30.0 Å². The number of para-hydroxylation sites is 1. The van der Waals surface area contributed by atoms with Crippen LogP contribution in [0.15, 0.2) is 39.9 Å². The van der Waals surface area contributed by atoms with E-state index in [0.29, 0.717) is 12.8 Å². The van der Waals surface area contributed by atoms with Gasteiger partial charge in [-0.3, -0.25) is 4.79 Å². The largest absolute Gasteiger partial charge is 0.459 e. The first-order valence-corrected chi connectivity index (χ1v) is 10.3. The summed E-state index contributed by atoms with van der Waals surface area (Å²) < 4.78 is 5.91. The van der Waals surface area contributed by atoms with Crippen LogP contribution >= 0.6 is 11.8 Å². The second kappa shape index (κ2) is 8.13. The van der Waals surface area contributed by atoms with Gasteiger partial charge in [0.1, 0.15) is 11.3 Å². The third kappa shape index (κ3) is 4.16. The summed E-state index contributed by atoms with van der Waals surface area (Å²) in [5.74, 6) is 0.878. The number of amides is 1. The van der Waals surface area contributed by atoms with Crippen LogP contribution in [0.25, 0.3) is 11.0 Å². The van der Waals surface area contributed by atoms with E-state index in [1.54, 1.807) is 4.90 Å². The molecule has 0 radical (unpaired) electrons. The van der Waals surface area contributed by atoms with Gasteiger partial charge in [-0.25, -0.2) is 9.97 Å². The molecule has 0 aliphatic heterocycles. The summed E-state index contributed by atoms with van der Waals surface area (Å²) in [6.45, 7) is 5.95. The van der Waals surface area contributed by atoms with E-state index in [2.05, 4.69) is 9.97 Å². The number of nitrogens with zero attached hydrogens (tertiary/aromatic N) is 3. The molecule has 27 heavy (non-hydrogen) atoms. The van der Waals surface area contributed by atoms with Crippen LogP contribution in [-0.4, -0.2) is 34.1 Å². The van der Waals surface area contributed by atoms with Crippen LogP contribution in [0.5, 0.6) is 0 Å². The average molecular weight is 384 g/mol. The number of aromatic nitrogens is 2. The molecule has 0 saturated carbocycles. The van der Waals surface area contributed by atoms with E-state index in [9.17, 15) is 4.79 Å². The van der Waals surface area contributed by atoms with Crippen LogP contribution in [-0.2, 0) is 11.2 Å².